The zero-order valence-electron chi connectivity index (χ0n) is 8.33. The molecule has 0 amide bonds. The van der Waals surface area contributed by atoms with E-state index in [4.69, 9.17) is 0 Å². The van der Waals surface area contributed by atoms with Crippen molar-refractivity contribution in [3.63, 3.8) is 0 Å². The van der Waals surface area contributed by atoms with Crippen molar-refractivity contribution in [2.75, 3.05) is 0 Å². The molecule has 0 saturated heterocycles. The van der Waals surface area contributed by atoms with Crippen molar-refractivity contribution in [3.8, 4) is 5.75 Å². The molecule has 1 unspecified atom stereocenters. The lowest BCUT2D eigenvalue weighted by Gasteiger charge is -2.12. The third-order valence-corrected chi connectivity index (χ3v) is 2.34. The van der Waals surface area contributed by atoms with Crippen LogP contribution in [0.15, 0.2) is 12.1 Å². The van der Waals surface area contributed by atoms with Gasteiger partial charge in [0.25, 0.3) is 0 Å². The largest absolute Gasteiger partial charge is 0.508 e. The molecule has 0 fully saturated rings. The van der Waals surface area contributed by atoms with Gasteiger partial charge < -0.3 is 10.2 Å². The molecule has 0 aliphatic carbocycles. The summed E-state index contributed by atoms with van der Waals surface area (Å²) in [5, 5.41) is 18.8. The van der Waals surface area contributed by atoms with E-state index < -0.39 is 6.10 Å². The second-order valence-electron chi connectivity index (χ2n) is 3.56. The van der Waals surface area contributed by atoms with Crippen LogP contribution in [0, 0.1) is 13.8 Å². The maximum atomic E-state index is 9.55. The van der Waals surface area contributed by atoms with Gasteiger partial charge in [-0.2, -0.15) is 0 Å². The summed E-state index contributed by atoms with van der Waals surface area (Å²) >= 11 is 0. The number of hydrogen-bond acceptors (Lipinski definition) is 2. The highest BCUT2D eigenvalue weighted by molar-refractivity contribution is 5.43. The zero-order valence-corrected chi connectivity index (χ0v) is 8.33. The molecule has 1 atom stereocenters. The van der Waals surface area contributed by atoms with E-state index in [9.17, 15) is 10.2 Å². The number of aromatic hydroxyl groups is 1. The molecule has 0 bridgehead atoms. The molecule has 72 valence electrons. The molecule has 0 spiro atoms. The number of aliphatic hydroxyl groups is 1. The molecule has 2 heteroatoms. The first-order valence-electron chi connectivity index (χ1n) is 4.48. The fourth-order valence-corrected chi connectivity index (χ4v) is 1.41. The minimum atomic E-state index is -0.411. The van der Waals surface area contributed by atoms with E-state index in [1.807, 2.05) is 19.9 Å². The smallest absolute Gasteiger partial charge is 0.119 e. The van der Waals surface area contributed by atoms with Gasteiger partial charge in [0.1, 0.15) is 5.75 Å². The number of aliphatic hydroxyl groups excluding tert-OH is 1. The van der Waals surface area contributed by atoms with Gasteiger partial charge in [-0.3, -0.25) is 0 Å². The van der Waals surface area contributed by atoms with E-state index in [1.165, 1.54) is 0 Å². The number of rotatable bonds is 2. The molecule has 0 radical (unpaired) electrons. The van der Waals surface area contributed by atoms with Crippen LogP contribution in [-0.2, 0) is 6.42 Å². The molecule has 0 heterocycles. The van der Waals surface area contributed by atoms with Gasteiger partial charge >= 0.3 is 0 Å². The van der Waals surface area contributed by atoms with Gasteiger partial charge in [-0.15, -0.1) is 0 Å². The van der Waals surface area contributed by atoms with Crippen LogP contribution >= 0.6 is 0 Å². The van der Waals surface area contributed by atoms with Crippen LogP contribution in [0.1, 0.15) is 23.6 Å². The maximum Gasteiger partial charge on any atom is 0.119 e. The lowest BCUT2D eigenvalue weighted by atomic mass is 9.98. The normalized spacial score (nSPS) is 12.9. The highest BCUT2D eigenvalue weighted by Crippen LogP contribution is 2.24. The Bertz CT molecular complexity index is 303. The van der Waals surface area contributed by atoms with E-state index in [-0.39, 0.29) is 5.75 Å². The fraction of sp³-hybridized carbons (Fsp3) is 0.455. The predicted octanol–water partition coefficient (Wildman–Crippen LogP) is 1.93. The van der Waals surface area contributed by atoms with E-state index in [0.717, 1.165) is 16.7 Å². The van der Waals surface area contributed by atoms with Crippen LogP contribution in [0.4, 0.5) is 0 Å². The van der Waals surface area contributed by atoms with Gasteiger partial charge in [-0.1, -0.05) is 6.07 Å². The van der Waals surface area contributed by atoms with Crippen LogP contribution in [0.2, 0.25) is 0 Å². The van der Waals surface area contributed by atoms with Crippen molar-refractivity contribution in [2.45, 2.75) is 33.3 Å². The van der Waals surface area contributed by atoms with Gasteiger partial charge in [0.2, 0.25) is 0 Å². The summed E-state index contributed by atoms with van der Waals surface area (Å²) in [5.41, 5.74) is 3.07. The highest BCUT2D eigenvalue weighted by Gasteiger charge is 2.09. The van der Waals surface area contributed by atoms with Gasteiger partial charge in [-0.25, -0.2) is 0 Å². The minimum absolute atomic E-state index is 0.281. The number of benzene rings is 1. The second kappa shape index (κ2) is 3.79. The third-order valence-electron chi connectivity index (χ3n) is 2.34. The molecule has 1 aromatic rings. The Labute approximate surface area is 78.8 Å². The number of phenols is 1. The molecule has 0 aromatic heterocycles. The van der Waals surface area contributed by atoms with Crippen LogP contribution in [0.25, 0.3) is 0 Å². The quantitative estimate of drug-likeness (QED) is 0.730. The molecule has 1 rings (SSSR count). The van der Waals surface area contributed by atoms with E-state index in [1.54, 1.807) is 13.0 Å². The average molecular weight is 180 g/mol. The van der Waals surface area contributed by atoms with Crippen molar-refractivity contribution in [3.05, 3.63) is 28.8 Å². The summed E-state index contributed by atoms with van der Waals surface area (Å²) in [6.07, 6.45) is 0.102. The number of hydrogen-bond donors (Lipinski definition) is 2. The fourth-order valence-electron chi connectivity index (χ4n) is 1.41. The molecule has 0 aliphatic heterocycles. The number of aryl methyl sites for hydroxylation is 1. The summed E-state index contributed by atoms with van der Waals surface area (Å²) in [7, 11) is 0. The van der Waals surface area contributed by atoms with Crippen molar-refractivity contribution < 1.29 is 10.2 Å². The van der Waals surface area contributed by atoms with E-state index in [2.05, 4.69) is 0 Å². The zero-order chi connectivity index (χ0) is 10.0. The first-order valence-corrected chi connectivity index (χ1v) is 4.48. The van der Waals surface area contributed by atoms with Crippen molar-refractivity contribution in [2.24, 2.45) is 0 Å². The van der Waals surface area contributed by atoms with Crippen LogP contribution in [0.5, 0.6) is 5.75 Å². The predicted molar refractivity (Wildman–Crippen MR) is 53.0 cm³/mol. The first kappa shape index (κ1) is 10.1. The van der Waals surface area contributed by atoms with E-state index in [0.29, 0.717) is 6.42 Å². The second-order valence-corrected chi connectivity index (χ2v) is 3.56. The molecule has 2 N–H and O–H groups in total. The lowest BCUT2D eigenvalue weighted by Crippen LogP contribution is -2.06. The van der Waals surface area contributed by atoms with Crippen molar-refractivity contribution in [1.82, 2.24) is 0 Å². The number of phenolic OH excluding ortho intramolecular Hbond substituents is 1. The molecular formula is C11H16O2. The molecule has 13 heavy (non-hydrogen) atoms. The van der Waals surface area contributed by atoms with Gasteiger partial charge in [0.05, 0.1) is 6.10 Å². The van der Waals surface area contributed by atoms with Gasteiger partial charge in [0, 0.05) is 6.42 Å². The Morgan fingerprint density at radius 1 is 1.31 bits per heavy atom. The van der Waals surface area contributed by atoms with Gasteiger partial charge in [0.15, 0.2) is 0 Å². The lowest BCUT2D eigenvalue weighted by molar-refractivity contribution is 0.194. The van der Waals surface area contributed by atoms with Crippen molar-refractivity contribution in [1.29, 1.82) is 0 Å². The Kier molecular flexibility index (Phi) is 2.94. The standard InChI is InChI=1S/C11H16O2/c1-7-4-5-11(13)10(9(7)3)6-8(2)12/h4-5,8,12-13H,6H2,1-3H3. The highest BCUT2D eigenvalue weighted by atomic mass is 16.3. The van der Waals surface area contributed by atoms with E-state index >= 15 is 0 Å². The molecule has 0 saturated carbocycles. The van der Waals surface area contributed by atoms with Crippen LogP contribution in [-0.4, -0.2) is 16.3 Å². The Morgan fingerprint density at radius 2 is 1.92 bits per heavy atom. The topological polar surface area (TPSA) is 40.5 Å². The Morgan fingerprint density at radius 3 is 2.46 bits per heavy atom. The summed E-state index contributed by atoms with van der Waals surface area (Å²) in [6, 6.07) is 3.57. The monoisotopic (exact) mass is 180 g/mol. The minimum Gasteiger partial charge on any atom is -0.508 e. The SMILES string of the molecule is Cc1ccc(O)c(CC(C)O)c1C. The summed E-state index contributed by atoms with van der Waals surface area (Å²) in [5.74, 6) is 0.281. The summed E-state index contributed by atoms with van der Waals surface area (Å²) < 4.78 is 0. The molecular weight excluding hydrogens is 164 g/mol. The van der Waals surface area contributed by atoms with Gasteiger partial charge in [-0.05, 0) is 43.5 Å². The Hall–Kier alpha value is -1.02. The Balaban J connectivity index is 3.10. The molecule has 2 nitrogen and oxygen atoms in total. The summed E-state index contributed by atoms with van der Waals surface area (Å²) in [4.78, 5) is 0. The van der Waals surface area contributed by atoms with Crippen molar-refractivity contribution >= 4 is 0 Å². The average Bonchev–Trinajstić information content (AvgIpc) is 2.05. The summed E-state index contributed by atoms with van der Waals surface area (Å²) in [6.45, 7) is 5.69. The maximum absolute atomic E-state index is 9.55. The molecule has 0 aliphatic rings. The van der Waals surface area contributed by atoms with Crippen LogP contribution < -0.4 is 0 Å². The molecule has 1 aromatic carbocycles. The third kappa shape index (κ3) is 2.22. The van der Waals surface area contributed by atoms with Crippen LogP contribution in [0.3, 0.4) is 0 Å². The first-order chi connectivity index (χ1) is 6.02.